The van der Waals surface area contributed by atoms with E-state index in [2.05, 4.69) is 0 Å². The van der Waals surface area contributed by atoms with Crippen LogP contribution in [0.3, 0.4) is 0 Å². The summed E-state index contributed by atoms with van der Waals surface area (Å²) in [5.74, 6) is -0.691. The van der Waals surface area contributed by atoms with Crippen LogP contribution in [-0.2, 0) is 9.47 Å². The van der Waals surface area contributed by atoms with Gasteiger partial charge in [0.15, 0.2) is 0 Å². The first-order valence-corrected chi connectivity index (χ1v) is 7.34. The number of carbonyl (C=O) groups is 1. The Balaban J connectivity index is 1.64. The maximum absolute atomic E-state index is 13.7. The van der Waals surface area contributed by atoms with Crippen molar-refractivity contribution < 1.29 is 18.7 Å². The van der Waals surface area contributed by atoms with Crippen LogP contribution in [-0.4, -0.2) is 49.3 Å². The lowest BCUT2D eigenvalue weighted by Crippen LogP contribution is -2.46. The van der Waals surface area contributed by atoms with Crippen LogP contribution in [0, 0.1) is 5.82 Å². The quantitative estimate of drug-likeness (QED) is 0.839. The molecule has 0 saturated carbocycles. The van der Waals surface area contributed by atoms with Crippen molar-refractivity contribution in [2.45, 2.75) is 31.0 Å². The van der Waals surface area contributed by atoms with Crippen LogP contribution < -0.4 is 0 Å². The molecule has 2 fully saturated rings. The van der Waals surface area contributed by atoms with E-state index in [0.717, 1.165) is 19.3 Å². The molecule has 5 heteroatoms. The molecule has 1 atom stereocenters. The Bertz CT molecular complexity index is 526. The Morgan fingerprint density at radius 2 is 2.10 bits per heavy atom. The summed E-state index contributed by atoms with van der Waals surface area (Å²) in [4.78, 5) is 14.1. The van der Waals surface area contributed by atoms with E-state index in [1.807, 2.05) is 0 Å². The number of methoxy groups -OCH3 is 1. The Morgan fingerprint density at radius 1 is 1.38 bits per heavy atom. The molecule has 0 bridgehead atoms. The van der Waals surface area contributed by atoms with Crippen LogP contribution in [0.4, 0.5) is 4.39 Å². The largest absolute Gasteiger partial charge is 0.379 e. The van der Waals surface area contributed by atoms with Gasteiger partial charge in [0, 0.05) is 26.6 Å². The smallest absolute Gasteiger partial charge is 0.256 e. The summed E-state index contributed by atoms with van der Waals surface area (Å²) in [7, 11) is 1.70. The van der Waals surface area contributed by atoms with Crippen molar-refractivity contribution in [2.75, 3.05) is 26.8 Å². The standard InChI is InChI=1S/C16H20FNO3/c1-20-12-10-16(21-11-12)6-8-18(9-7-16)15(19)13-4-2-3-5-14(13)17/h2-5,12H,6-11H2,1H3/t12-/m0/s1. The van der Waals surface area contributed by atoms with Crippen molar-refractivity contribution in [3.05, 3.63) is 35.6 Å². The summed E-state index contributed by atoms with van der Waals surface area (Å²) in [5.41, 5.74) is -0.0114. The van der Waals surface area contributed by atoms with E-state index in [1.54, 1.807) is 24.1 Å². The summed E-state index contributed by atoms with van der Waals surface area (Å²) in [6, 6.07) is 6.14. The van der Waals surface area contributed by atoms with Crippen molar-refractivity contribution in [3.8, 4) is 0 Å². The zero-order valence-corrected chi connectivity index (χ0v) is 12.2. The first-order valence-electron chi connectivity index (χ1n) is 7.34. The van der Waals surface area contributed by atoms with Gasteiger partial charge in [0.1, 0.15) is 5.82 Å². The molecule has 2 saturated heterocycles. The zero-order chi connectivity index (χ0) is 14.9. The highest BCUT2D eigenvalue weighted by molar-refractivity contribution is 5.94. The normalized spacial score (nSPS) is 24.5. The second-order valence-corrected chi connectivity index (χ2v) is 5.83. The van der Waals surface area contributed by atoms with E-state index in [0.29, 0.717) is 19.7 Å². The number of benzene rings is 1. The van der Waals surface area contributed by atoms with Crippen molar-refractivity contribution in [2.24, 2.45) is 0 Å². The molecule has 3 rings (SSSR count). The number of hydrogen-bond donors (Lipinski definition) is 0. The van der Waals surface area contributed by atoms with Crippen molar-refractivity contribution in [3.63, 3.8) is 0 Å². The summed E-state index contributed by atoms with van der Waals surface area (Å²) < 4.78 is 24.9. The highest BCUT2D eigenvalue weighted by Crippen LogP contribution is 2.37. The molecule has 2 aliphatic rings. The fourth-order valence-electron chi connectivity index (χ4n) is 3.22. The van der Waals surface area contributed by atoms with Gasteiger partial charge < -0.3 is 14.4 Å². The average molecular weight is 293 g/mol. The lowest BCUT2D eigenvalue weighted by atomic mass is 9.87. The molecule has 0 radical (unpaired) electrons. The topological polar surface area (TPSA) is 38.8 Å². The molecule has 1 spiro atoms. The number of rotatable bonds is 2. The monoisotopic (exact) mass is 293 g/mol. The molecule has 1 amide bonds. The predicted molar refractivity (Wildman–Crippen MR) is 75.6 cm³/mol. The Hall–Kier alpha value is -1.46. The van der Waals surface area contributed by atoms with Gasteiger partial charge in [-0.1, -0.05) is 12.1 Å². The maximum Gasteiger partial charge on any atom is 0.256 e. The van der Waals surface area contributed by atoms with E-state index in [-0.39, 0.29) is 23.2 Å². The highest BCUT2D eigenvalue weighted by Gasteiger charge is 2.43. The summed E-state index contributed by atoms with van der Waals surface area (Å²) in [5, 5.41) is 0. The lowest BCUT2D eigenvalue weighted by molar-refractivity contribution is -0.0402. The Kier molecular flexibility index (Phi) is 3.95. The Labute approximate surface area is 123 Å². The van der Waals surface area contributed by atoms with Crippen LogP contribution in [0.1, 0.15) is 29.6 Å². The van der Waals surface area contributed by atoms with E-state index in [9.17, 15) is 9.18 Å². The number of likely N-dealkylation sites (tertiary alicyclic amines) is 1. The number of piperidine rings is 1. The number of carbonyl (C=O) groups excluding carboxylic acids is 1. The molecular formula is C16H20FNO3. The van der Waals surface area contributed by atoms with E-state index in [4.69, 9.17) is 9.47 Å². The van der Waals surface area contributed by atoms with Crippen molar-refractivity contribution in [1.82, 2.24) is 4.90 Å². The minimum Gasteiger partial charge on any atom is -0.379 e. The third-order valence-electron chi connectivity index (χ3n) is 4.57. The number of nitrogens with zero attached hydrogens (tertiary/aromatic N) is 1. The number of amides is 1. The summed E-state index contributed by atoms with van der Waals surface area (Å²) in [6.07, 6.45) is 2.60. The van der Waals surface area contributed by atoms with Crippen LogP contribution in [0.15, 0.2) is 24.3 Å². The van der Waals surface area contributed by atoms with Gasteiger partial charge in [-0.05, 0) is 25.0 Å². The van der Waals surface area contributed by atoms with E-state index in [1.165, 1.54) is 12.1 Å². The van der Waals surface area contributed by atoms with Crippen LogP contribution >= 0.6 is 0 Å². The minimum atomic E-state index is -0.459. The van der Waals surface area contributed by atoms with E-state index < -0.39 is 5.82 Å². The van der Waals surface area contributed by atoms with Crippen molar-refractivity contribution >= 4 is 5.91 Å². The minimum absolute atomic E-state index is 0.149. The Morgan fingerprint density at radius 3 is 2.71 bits per heavy atom. The van der Waals surface area contributed by atoms with Gasteiger partial charge in [-0.25, -0.2) is 4.39 Å². The number of halogens is 1. The average Bonchev–Trinajstić information content (AvgIpc) is 2.91. The van der Waals surface area contributed by atoms with Gasteiger partial charge in [-0.3, -0.25) is 4.79 Å². The fourth-order valence-corrected chi connectivity index (χ4v) is 3.22. The second kappa shape index (κ2) is 5.73. The SMILES string of the molecule is CO[C@@H]1COC2(CCN(C(=O)c3ccccc3F)CC2)C1. The molecule has 1 aromatic carbocycles. The molecule has 114 valence electrons. The van der Waals surface area contributed by atoms with Gasteiger partial charge in [-0.15, -0.1) is 0 Å². The second-order valence-electron chi connectivity index (χ2n) is 5.83. The third kappa shape index (κ3) is 2.80. The van der Waals surface area contributed by atoms with Crippen LogP contribution in [0.5, 0.6) is 0 Å². The molecule has 0 N–H and O–H groups in total. The molecule has 2 aliphatic heterocycles. The van der Waals surface area contributed by atoms with Gasteiger partial charge >= 0.3 is 0 Å². The highest BCUT2D eigenvalue weighted by atomic mass is 19.1. The summed E-state index contributed by atoms with van der Waals surface area (Å²) >= 11 is 0. The first kappa shape index (κ1) is 14.5. The van der Waals surface area contributed by atoms with Gasteiger partial charge in [0.05, 0.1) is 23.9 Å². The molecule has 1 aromatic rings. The number of ether oxygens (including phenoxy) is 2. The van der Waals surface area contributed by atoms with Gasteiger partial charge in [0.2, 0.25) is 0 Å². The molecule has 0 unspecified atom stereocenters. The first-order chi connectivity index (χ1) is 10.1. The lowest BCUT2D eigenvalue weighted by Gasteiger charge is -2.38. The molecule has 0 aromatic heterocycles. The molecule has 0 aliphatic carbocycles. The van der Waals surface area contributed by atoms with Gasteiger partial charge in [-0.2, -0.15) is 0 Å². The van der Waals surface area contributed by atoms with Crippen LogP contribution in [0.25, 0.3) is 0 Å². The van der Waals surface area contributed by atoms with Crippen molar-refractivity contribution in [1.29, 1.82) is 0 Å². The molecular weight excluding hydrogens is 273 g/mol. The predicted octanol–water partition coefficient (Wildman–Crippen LogP) is 2.24. The summed E-state index contributed by atoms with van der Waals surface area (Å²) in [6.45, 7) is 1.82. The van der Waals surface area contributed by atoms with E-state index >= 15 is 0 Å². The van der Waals surface area contributed by atoms with Crippen LogP contribution in [0.2, 0.25) is 0 Å². The molecule has 21 heavy (non-hydrogen) atoms. The third-order valence-corrected chi connectivity index (χ3v) is 4.57. The fraction of sp³-hybridized carbons (Fsp3) is 0.562. The molecule has 2 heterocycles. The molecule has 4 nitrogen and oxygen atoms in total. The number of hydrogen-bond acceptors (Lipinski definition) is 3. The van der Waals surface area contributed by atoms with Gasteiger partial charge in [0.25, 0.3) is 5.91 Å². The zero-order valence-electron chi connectivity index (χ0n) is 12.2. The maximum atomic E-state index is 13.7.